The first-order chi connectivity index (χ1) is 4.88. The summed E-state index contributed by atoms with van der Waals surface area (Å²) in [5.41, 5.74) is 1.10. The Morgan fingerprint density at radius 2 is 2.40 bits per heavy atom. The Hall–Kier alpha value is -1.18. The first-order valence-corrected chi connectivity index (χ1v) is 3.15. The maximum Gasteiger partial charge on any atom is 0.231 e. The van der Waals surface area contributed by atoms with E-state index < -0.39 is 0 Å². The number of hydrogen-bond donors (Lipinski definition) is 0. The van der Waals surface area contributed by atoms with Crippen LogP contribution in [0.5, 0.6) is 11.5 Å². The van der Waals surface area contributed by atoms with Crippen LogP contribution in [0.1, 0.15) is 5.56 Å². The van der Waals surface area contributed by atoms with Crippen LogP contribution >= 0.6 is 0 Å². The van der Waals surface area contributed by atoms with Crippen LogP contribution in [0.2, 0.25) is 0 Å². The second-order valence-electron chi connectivity index (χ2n) is 2.23. The van der Waals surface area contributed by atoms with Gasteiger partial charge in [0.2, 0.25) is 6.79 Å². The molecule has 1 aliphatic rings. The van der Waals surface area contributed by atoms with E-state index in [2.05, 4.69) is 6.07 Å². The van der Waals surface area contributed by atoms with Gasteiger partial charge in [-0.3, -0.25) is 0 Å². The van der Waals surface area contributed by atoms with Crippen molar-refractivity contribution in [1.82, 2.24) is 0 Å². The summed E-state index contributed by atoms with van der Waals surface area (Å²) >= 11 is 0. The van der Waals surface area contributed by atoms with Gasteiger partial charge in [0, 0.05) is 6.07 Å². The summed E-state index contributed by atoms with van der Waals surface area (Å²) in [6, 6.07) is 6.73. The first kappa shape index (κ1) is 5.59. The van der Waals surface area contributed by atoms with Gasteiger partial charge in [-0.1, -0.05) is 6.07 Å². The van der Waals surface area contributed by atoms with Gasteiger partial charge in [-0.05, 0) is 18.6 Å². The molecule has 1 radical (unpaired) electrons. The molecule has 0 unspecified atom stereocenters. The van der Waals surface area contributed by atoms with Gasteiger partial charge >= 0.3 is 0 Å². The Morgan fingerprint density at radius 1 is 1.50 bits per heavy atom. The molecule has 0 fully saturated rings. The summed E-state index contributed by atoms with van der Waals surface area (Å²) < 4.78 is 10.3. The highest BCUT2D eigenvalue weighted by Gasteiger charge is 2.14. The standard InChI is InChI=1S/C8H7O2/c1-6-3-2-4-7-8(6)10-5-9-7/h2-3H,5H2,1H3. The SMILES string of the molecule is Cc1cc[c]c2c1OCO2. The molecule has 51 valence electrons. The van der Waals surface area contributed by atoms with Crippen LogP contribution in [-0.2, 0) is 0 Å². The Kier molecular flexibility index (Phi) is 1.07. The van der Waals surface area contributed by atoms with Gasteiger partial charge in [-0.15, -0.1) is 0 Å². The molecule has 0 atom stereocenters. The highest BCUT2D eigenvalue weighted by Crippen LogP contribution is 2.33. The Bertz CT molecular complexity index is 255. The van der Waals surface area contributed by atoms with Crippen molar-refractivity contribution in [3.63, 3.8) is 0 Å². The largest absolute Gasteiger partial charge is 0.453 e. The van der Waals surface area contributed by atoms with Crippen LogP contribution in [-0.4, -0.2) is 6.79 Å². The Balaban J connectivity index is 2.59. The lowest BCUT2D eigenvalue weighted by atomic mass is 10.2. The van der Waals surface area contributed by atoms with Crippen molar-refractivity contribution in [3.05, 3.63) is 23.8 Å². The van der Waals surface area contributed by atoms with E-state index in [0.717, 1.165) is 17.1 Å². The highest BCUT2D eigenvalue weighted by molar-refractivity contribution is 5.46. The zero-order valence-corrected chi connectivity index (χ0v) is 5.68. The molecule has 2 nitrogen and oxygen atoms in total. The van der Waals surface area contributed by atoms with Gasteiger partial charge in [-0.25, -0.2) is 0 Å². The van der Waals surface area contributed by atoms with Gasteiger partial charge in [0.1, 0.15) is 0 Å². The van der Waals surface area contributed by atoms with E-state index in [4.69, 9.17) is 9.47 Å². The third kappa shape index (κ3) is 0.652. The van der Waals surface area contributed by atoms with E-state index in [1.807, 2.05) is 19.1 Å². The number of aryl methyl sites for hydroxylation is 1. The van der Waals surface area contributed by atoms with Gasteiger partial charge < -0.3 is 9.47 Å². The number of benzene rings is 1. The van der Waals surface area contributed by atoms with Crippen LogP contribution in [0.4, 0.5) is 0 Å². The highest BCUT2D eigenvalue weighted by atomic mass is 16.7. The van der Waals surface area contributed by atoms with Crippen LogP contribution in [0.25, 0.3) is 0 Å². The minimum atomic E-state index is 0.330. The Labute approximate surface area is 59.4 Å². The van der Waals surface area contributed by atoms with Crippen molar-refractivity contribution in [1.29, 1.82) is 0 Å². The van der Waals surface area contributed by atoms with Crippen LogP contribution < -0.4 is 9.47 Å². The lowest BCUT2D eigenvalue weighted by molar-refractivity contribution is 0.173. The normalized spacial score (nSPS) is 13.7. The fourth-order valence-electron chi connectivity index (χ4n) is 0.997. The maximum absolute atomic E-state index is 5.18. The van der Waals surface area contributed by atoms with Crippen molar-refractivity contribution in [2.45, 2.75) is 6.92 Å². The van der Waals surface area contributed by atoms with Crippen LogP contribution in [0.15, 0.2) is 12.1 Å². The van der Waals surface area contributed by atoms with Gasteiger partial charge in [0.05, 0.1) is 0 Å². The average Bonchev–Trinajstić information content (AvgIpc) is 2.36. The third-order valence-corrected chi connectivity index (χ3v) is 1.52. The van der Waals surface area contributed by atoms with Crippen molar-refractivity contribution in [2.24, 2.45) is 0 Å². The third-order valence-electron chi connectivity index (χ3n) is 1.52. The molecule has 0 aliphatic carbocycles. The van der Waals surface area contributed by atoms with Crippen molar-refractivity contribution in [2.75, 3.05) is 6.79 Å². The summed E-state index contributed by atoms with van der Waals surface area (Å²) in [7, 11) is 0. The topological polar surface area (TPSA) is 18.5 Å². The molecule has 0 spiro atoms. The second-order valence-corrected chi connectivity index (χ2v) is 2.23. The molecular formula is C8H7O2. The molecular weight excluding hydrogens is 128 g/mol. The fourth-order valence-corrected chi connectivity index (χ4v) is 0.997. The summed E-state index contributed by atoms with van der Waals surface area (Å²) in [5, 5.41) is 0. The average molecular weight is 135 g/mol. The molecule has 0 saturated carbocycles. The van der Waals surface area contributed by atoms with Gasteiger partial charge in [0.15, 0.2) is 11.5 Å². The molecule has 0 aromatic heterocycles. The smallest absolute Gasteiger partial charge is 0.231 e. The quantitative estimate of drug-likeness (QED) is 0.537. The zero-order valence-electron chi connectivity index (χ0n) is 5.68. The molecule has 2 heteroatoms. The van der Waals surface area contributed by atoms with E-state index >= 15 is 0 Å². The molecule has 0 N–H and O–H groups in total. The van der Waals surface area contributed by atoms with Crippen LogP contribution in [0, 0.1) is 13.0 Å². The van der Waals surface area contributed by atoms with Gasteiger partial charge in [0.25, 0.3) is 0 Å². The monoisotopic (exact) mass is 135 g/mol. The summed E-state index contributed by atoms with van der Waals surface area (Å²) in [5.74, 6) is 1.57. The second kappa shape index (κ2) is 1.90. The van der Waals surface area contributed by atoms with E-state index in [9.17, 15) is 0 Å². The van der Waals surface area contributed by atoms with Gasteiger partial charge in [-0.2, -0.15) is 0 Å². The first-order valence-electron chi connectivity index (χ1n) is 3.15. The molecule has 10 heavy (non-hydrogen) atoms. The number of hydrogen-bond acceptors (Lipinski definition) is 2. The molecule has 0 saturated heterocycles. The minimum Gasteiger partial charge on any atom is -0.453 e. The lowest BCUT2D eigenvalue weighted by Crippen LogP contribution is -1.93. The number of fused-ring (bicyclic) bond motifs is 1. The molecule has 0 bridgehead atoms. The predicted molar refractivity (Wildman–Crippen MR) is 36.1 cm³/mol. The van der Waals surface area contributed by atoms with E-state index in [1.165, 1.54) is 0 Å². The lowest BCUT2D eigenvalue weighted by Gasteiger charge is -1.96. The molecule has 1 aliphatic heterocycles. The predicted octanol–water partition coefficient (Wildman–Crippen LogP) is 1.52. The number of rotatable bonds is 0. The molecule has 1 heterocycles. The summed E-state index contributed by atoms with van der Waals surface area (Å²) in [4.78, 5) is 0. The number of ether oxygens (including phenoxy) is 2. The summed E-state index contributed by atoms with van der Waals surface area (Å²) in [6.07, 6.45) is 0. The molecule has 1 aromatic rings. The van der Waals surface area contributed by atoms with Crippen molar-refractivity contribution < 1.29 is 9.47 Å². The Morgan fingerprint density at radius 3 is 3.20 bits per heavy atom. The van der Waals surface area contributed by atoms with Crippen LogP contribution in [0.3, 0.4) is 0 Å². The zero-order chi connectivity index (χ0) is 6.97. The van der Waals surface area contributed by atoms with Crippen molar-refractivity contribution in [3.8, 4) is 11.5 Å². The van der Waals surface area contributed by atoms with E-state index in [0.29, 0.717) is 6.79 Å². The van der Waals surface area contributed by atoms with E-state index in [-0.39, 0.29) is 0 Å². The van der Waals surface area contributed by atoms with Crippen molar-refractivity contribution >= 4 is 0 Å². The van der Waals surface area contributed by atoms with E-state index in [1.54, 1.807) is 0 Å². The minimum absolute atomic E-state index is 0.330. The molecule has 0 amide bonds. The maximum atomic E-state index is 5.18. The fraction of sp³-hybridized carbons (Fsp3) is 0.250. The molecule has 1 aromatic carbocycles. The molecule has 2 rings (SSSR count). The summed E-state index contributed by atoms with van der Waals surface area (Å²) in [6.45, 7) is 2.32.